The lowest BCUT2D eigenvalue weighted by atomic mass is 10.1. The number of primary amides is 1. The van der Waals surface area contributed by atoms with E-state index in [-0.39, 0.29) is 36.6 Å². The maximum absolute atomic E-state index is 11.0. The van der Waals surface area contributed by atoms with Crippen molar-refractivity contribution in [1.82, 2.24) is 10.2 Å². The van der Waals surface area contributed by atoms with Crippen LogP contribution in [0, 0.1) is 5.92 Å². The van der Waals surface area contributed by atoms with Gasteiger partial charge in [-0.05, 0) is 38.9 Å². The van der Waals surface area contributed by atoms with Crippen molar-refractivity contribution in [2.45, 2.75) is 25.3 Å². The number of nitrogens with one attached hydrogen (secondary N) is 1. The van der Waals surface area contributed by atoms with Crippen LogP contribution in [-0.4, -0.2) is 43.0 Å². The Balaban J connectivity index is 0.00000112. The smallest absolute Gasteiger partial charge is 0.221 e. The van der Waals surface area contributed by atoms with Crippen LogP contribution in [0.1, 0.15) is 19.3 Å². The molecule has 0 saturated carbocycles. The van der Waals surface area contributed by atoms with E-state index in [1.54, 1.807) is 0 Å². The number of carbonyl (C=O) groups is 1. The summed E-state index contributed by atoms with van der Waals surface area (Å²) in [7, 11) is 0. The van der Waals surface area contributed by atoms with Crippen molar-refractivity contribution < 1.29 is 4.79 Å². The zero-order valence-corrected chi connectivity index (χ0v) is 11.0. The van der Waals surface area contributed by atoms with Crippen LogP contribution in [0.4, 0.5) is 0 Å². The maximum atomic E-state index is 11.0. The lowest BCUT2D eigenvalue weighted by Crippen LogP contribution is -2.42. The lowest BCUT2D eigenvalue weighted by molar-refractivity contribution is -0.121. The molecule has 0 spiro atoms. The van der Waals surface area contributed by atoms with Crippen LogP contribution in [0.2, 0.25) is 0 Å². The van der Waals surface area contributed by atoms with Gasteiger partial charge in [0.15, 0.2) is 0 Å². The Morgan fingerprint density at radius 2 is 1.81 bits per heavy atom. The number of amides is 1. The van der Waals surface area contributed by atoms with Crippen LogP contribution in [0.25, 0.3) is 0 Å². The first-order valence-corrected chi connectivity index (χ1v) is 5.51. The van der Waals surface area contributed by atoms with Crippen molar-refractivity contribution in [2.24, 2.45) is 11.7 Å². The third-order valence-corrected chi connectivity index (χ3v) is 3.45. The summed E-state index contributed by atoms with van der Waals surface area (Å²) in [5.41, 5.74) is 5.31. The molecule has 0 aromatic carbocycles. The second-order valence-electron chi connectivity index (χ2n) is 4.36. The Labute approximate surface area is 109 Å². The number of rotatable bonds is 2. The molecule has 2 rings (SSSR count). The van der Waals surface area contributed by atoms with Gasteiger partial charge in [0.05, 0.1) is 5.92 Å². The van der Waals surface area contributed by atoms with Gasteiger partial charge < -0.3 is 11.1 Å². The van der Waals surface area contributed by atoms with Crippen LogP contribution in [-0.2, 0) is 4.79 Å². The number of nitrogens with zero attached hydrogens (tertiary/aromatic N) is 1. The summed E-state index contributed by atoms with van der Waals surface area (Å²) in [6, 6.07) is 0.681. The normalized spacial score (nSPS) is 26.9. The first-order chi connectivity index (χ1) is 6.77. The van der Waals surface area contributed by atoms with E-state index < -0.39 is 0 Å². The van der Waals surface area contributed by atoms with Gasteiger partial charge in [0.25, 0.3) is 0 Å². The van der Waals surface area contributed by atoms with Gasteiger partial charge in [0, 0.05) is 12.6 Å². The Kier molecular flexibility index (Phi) is 7.31. The largest absolute Gasteiger partial charge is 0.369 e. The van der Waals surface area contributed by atoms with Crippen LogP contribution < -0.4 is 11.1 Å². The average Bonchev–Trinajstić information content (AvgIpc) is 2.68. The fourth-order valence-electron chi connectivity index (χ4n) is 2.52. The number of likely N-dealkylation sites (tertiary alicyclic amines) is 1. The lowest BCUT2D eigenvalue weighted by Gasteiger charge is -2.31. The highest BCUT2D eigenvalue weighted by atomic mass is 35.5. The molecule has 0 bridgehead atoms. The molecule has 1 amide bonds. The minimum absolute atomic E-state index is 0. The number of hydrogen-bond acceptors (Lipinski definition) is 3. The van der Waals surface area contributed by atoms with E-state index >= 15 is 0 Å². The van der Waals surface area contributed by atoms with Crippen LogP contribution in [0.5, 0.6) is 0 Å². The molecule has 2 saturated heterocycles. The van der Waals surface area contributed by atoms with E-state index in [4.69, 9.17) is 5.73 Å². The van der Waals surface area contributed by atoms with Crippen molar-refractivity contribution >= 4 is 30.7 Å². The quantitative estimate of drug-likeness (QED) is 0.763. The molecule has 0 radical (unpaired) electrons. The molecule has 96 valence electrons. The van der Waals surface area contributed by atoms with Gasteiger partial charge in [-0.25, -0.2) is 0 Å². The van der Waals surface area contributed by atoms with E-state index in [0.717, 1.165) is 32.6 Å². The summed E-state index contributed by atoms with van der Waals surface area (Å²) in [6.45, 7) is 4.17. The Morgan fingerprint density at radius 1 is 1.19 bits per heavy atom. The molecule has 2 aliphatic rings. The van der Waals surface area contributed by atoms with E-state index in [9.17, 15) is 4.79 Å². The fraction of sp³-hybridized carbons (Fsp3) is 0.900. The SMILES string of the molecule is Cl.Cl.NC(=O)[C@H]1CCN(C2CCNCC2)C1. The highest BCUT2D eigenvalue weighted by molar-refractivity contribution is 5.85. The monoisotopic (exact) mass is 269 g/mol. The zero-order chi connectivity index (χ0) is 9.97. The standard InChI is InChI=1S/C10H19N3O.2ClH/c11-10(14)8-3-6-13(7-8)9-1-4-12-5-2-9;;/h8-9,12H,1-7H2,(H2,11,14);2*1H/t8-;;/m0../s1. The number of hydrogen-bond donors (Lipinski definition) is 2. The molecule has 3 N–H and O–H groups in total. The maximum Gasteiger partial charge on any atom is 0.221 e. The summed E-state index contributed by atoms with van der Waals surface area (Å²) in [5.74, 6) is -0.0219. The fourth-order valence-corrected chi connectivity index (χ4v) is 2.52. The number of nitrogens with two attached hydrogens (primary N) is 1. The molecule has 2 fully saturated rings. The van der Waals surface area contributed by atoms with Gasteiger partial charge in [0.1, 0.15) is 0 Å². The highest BCUT2D eigenvalue weighted by Crippen LogP contribution is 2.22. The summed E-state index contributed by atoms with van der Waals surface area (Å²) >= 11 is 0. The van der Waals surface area contributed by atoms with Crippen LogP contribution >= 0.6 is 24.8 Å². The van der Waals surface area contributed by atoms with Crippen LogP contribution in [0.3, 0.4) is 0 Å². The van der Waals surface area contributed by atoms with Crippen molar-refractivity contribution in [3.05, 3.63) is 0 Å². The first-order valence-electron chi connectivity index (χ1n) is 5.51. The van der Waals surface area contributed by atoms with E-state index in [2.05, 4.69) is 10.2 Å². The third-order valence-electron chi connectivity index (χ3n) is 3.45. The molecule has 0 aromatic rings. The van der Waals surface area contributed by atoms with Gasteiger partial charge in [-0.1, -0.05) is 0 Å². The summed E-state index contributed by atoms with van der Waals surface area (Å²) in [4.78, 5) is 13.5. The third kappa shape index (κ3) is 3.77. The molecule has 2 heterocycles. The summed E-state index contributed by atoms with van der Waals surface area (Å²) in [5, 5.41) is 3.35. The molecule has 16 heavy (non-hydrogen) atoms. The van der Waals surface area contributed by atoms with Gasteiger partial charge in [0.2, 0.25) is 5.91 Å². The van der Waals surface area contributed by atoms with Gasteiger partial charge in [-0.3, -0.25) is 9.69 Å². The second kappa shape index (κ2) is 7.33. The molecular formula is C10H21Cl2N3O. The van der Waals surface area contributed by atoms with E-state index in [1.807, 2.05) is 0 Å². The zero-order valence-electron chi connectivity index (χ0n) is 9.35. The summed E-state index contributed by atoms with van der Waals surface area (Å²) in [6.07, 6.45) is 3.39. The van der Waals surface area contributed by atoms with Gasteiger partial charge in [-0.15, -0.1) is 24.8 Å². The molecule has 0 unspecified atom stereocenters. The van der Waals surface area contributed by atoms with Gasteiger partial charge >= 0.3 is 0 Å². The molecule has 6 heteroatoms. The Morgan fingerprint density at radius 3 is 2.31 bits per heavy atom. The van der Waals surface area contributed by atoms with Crippen molar-refractivity contribution in [3.63, 3.8) is 0 Å². The van der Waals surface area contributed by atoms with Crippen molar-refractivity contribution in [3.8, 4) is 0 Å². The average molecular weight is 270 g/mol. The highest BCUT2D eigenvalue weighted by Gasteiger charge is 2.31. The topological polar surface area (TPSA) is 58.4 Å². The van der Waals surface area contributed by atoms with Crippen LogP contribution in [0.15, 0.2) is 0 Å². The van der Waals surface area contributed by atoms with Crippen molar-refractivity contribution in [1.29, 1.82) is 0 Å². The van der Waals surface area contributed by atoms with E-state index in [0.29, 0.717) is 6.04 Å². The minimum atomic E-state index is -0.124. The Hall–Kier alpha value is -0.0300. The molecule has 0 aliphatic carbocycles. The molecular weight excluding hydrogens is 249 g/mol. The Bertz CT molecular complexity index is 222. The predicted octanol–water partition coefficient (Wildman–Crippen LogP) is 0.389. The summed E-state index contributed by atoms with van der Waals surface area (Å²) < 4.78 is 0. The number of halogens is 2. The number of carbonyl (C=O) groups excluding carboxylic acids is 1. The molecule has 0 aromatic heterocycles. The predicted molar refractivity (Wildman–Crippen MR) is 69.3 cm³/mol. The molecule has 1 atom stereocenters. The van der Waals surface area contributed by atoms with E-state index in [1.165, 1.54) is 12.8 Å². The van der Waals surface area contributed by atoms with Gasteiger partial charge in [-0.2, -0.15) is 0 Å². The minimum Gasteiger partial charge on any atom is -0.369 e. The van der Waals surface area contributed by atoms with Crippen molar-refractivity contribution in [2.75, 3.05) is 26.2 Å². The molecule has 4 nitrogen and oxygen atoms in total. The second-order valence-corrected chi connectivity index (χ2v) is 4.36. The first kappa shape index (κ1) is 16.0. The molecule has 2 aliphatic heterocycles. The number of piperidine rings is 1.